The molecule has 17 heavy (non-hydrogen) atoms. The molecule has 1 aliphatic rings. The Bertz CT molecular complexity index is 341. The molecule has 1 aliphatic carbocycles. The van der Waals surface area contributed by atoms with Crippen molar-refractivity contribution in [2.45, 2.75) is 64.4 Å². The standard InChI is InChI=1S/C13H22N2O2/c1-9-3-6-11(7-4-9)13-14-12(17-15-13)8-5-10(2)16/h9-11,16H,3-8H2,1-2H3. The van der Waals surface area contributed by atoms with Gasteiger partial charge < -0.3 is 9.63 Å². The predicted molar refractivity (Wildman–Crippen MR) is 64.7 cm³/mol. The van der Waals surface area contributed by atoms with Crippen molar-refractivity contribution in [3.8, 4) is 0 Å². The molecule has 0 saturated heterocycles. The minimum Gasteiger partial charge on any atom is -0.393 e. The quantitative estimate of drug-likeness (QED) is 0.876. The van der Waals surface area contributed by atoms with Crippen molar-refractivity contribution >= 4 is 0 Å². The van der Waals surface area contributed by atoms with Gasteiger partial charge in [0.25, 0.3) is 0 Å². The third-order valence-electron chi connectivity index (χ3n) is 3.64. The summed E-state index contributed by atoms with van der Waals surface area (Å²) in [6.45, 7) is 4.08. The number of aliphatic hydroxyl groups excluding tert-OH is 1. The Balaban J connectivity index is 1.89. The van der Waals surface area contributed by atoms with Gasteiger partial charge in [0.15, 0.2) is 5.82 Å². The summed E-state index contributed by atoms with van der Waals surface area (Å²) in [7, 11) is 0. The van der Waals surface area contributed by atoms with E-state index in [0.29, 0.717) is 24.7 Å². The Morgan fingerprint density at radius 1 is 1.35 bits per heavy atom. The van der Waals surface area contributed by atoms with Gasteiger partial charge >= 0.3 is 0 Å². The van der Waals surface area contributed by atoms with Crippen molar-refractivity contribution in [3.63, 3.8) is 0 Å². The lowest BCUT2D eigenvalue weighted by Crippen LogP contribution is -2.12. The number of hydrogen-bond donors (Lipinski definition) is 1. The molecule has 0 radical (unpaired) electrons. The first-order valence-electron chi connectivity index (χ1n) is 6.65. The fraction of sp³-hybridized carbons (Fsp3) is 0.846. The Labute approximate surface area is 102 Å². The topological polar surface area (TPSA) is 59.2 Å². The van der Waals surface area contributed by atoms with E-state index in [1.165, 1.54) is 25.7 Å². The molecule has 1 atom stereocenters. The third-order valence-corrected chi connectivity index (χ3v) is 3.64. The molecule has 1 aromatic heterocycles. The molecule has 4 nitrogen and oxygen atoms in total. The number of aryl methyl sites for hydroxylation is 1. The van der Waals surface area contributed by atoms with E-state index in [1.54, 1.807) is 6.92 Å². The first kappa shape index (κ1) is 12.6. The highest BCUT2D eigenvalue weighted by atomic mass is 16.5. The van der Waals surface area contributed by atoms with Crippen LogP contribution in [0.2, 0.25) is 0 Å². The van der Waals surface area contributed by atoms with Crippen LogP contribution in [0.5, 0.6) is 0 Å². The van der Waals surface area contributed by atoms with Crippen LogP contribution in [0.4, 0.5) is 0 Å². The first-order chi connectivity index (χ1) is 8.15. The Hall–Kier alpha value is -0.900. The summed E-state index contributed by atoms with van der Waals surface area (Å²) in [6.07, 6.45) is 5.94. The maximum absolute atomic E-state index is 9.21. The second-order valence-corrected chi connectivity index (χ2v) is 5.39. The van der Waals surface area contributed by atoms with Crippen LogP contribution in [-0.2, 0) is 6.42 Å². The smallest absolute Gasteiger partial charge is 0.226 e. The largest absolute Gasteiger partial charge is 0.393 e. The summed E-state index contributed by atoms with van der Waals surface area (Å²) >= 11 is 0. The summed E-state index contributed by atoms with van der Waals surface area (Å²) in [6, 6.07) is 0. The zero-order chi connectivity index (χ0) is 12.3. The van der Waals surface area contributed by atoms with E-state index in [2.05, 4.69) is 17.1 Å². The van der Waals surface area contributed by atoms with Crippen molar-refractivity contribution in [3.05, 3.63) is 11.7 Å². The summed E-state index contributed by atoms with van der Waals surface area (Å²) in [5.74, 6) is 2.86. The summed E-state index contributed by atoms with van der Waals surface area (Å²) < 4.78 is 5.22. The van der Waals surface area contributed by atoms with Crippen LogP contribution in [0.15, 0.2) is 4.52 Å². The third kappa shape index (κ3) is 3.53. The SMILES string of the molecule is CC(O)CCc1nc(C2CCC(C)CC2)no1. The van der Waals surface area contributed by atoms with Crippen molar-refractivity contribution in [1.29, 1.82) is 0 Å². The Morgan fingerprint density at radius 2 is 2.06 bits per heavy atom. The van der Waals surface area contributed by atoms with E-state index in [4.69, 9.17) is 4.52 Å². The average Bonchev–Trinajstić information content (AvgIpc) is 2.76. The molecule has 4 heteroatoms. The van der Waals surface area contributed by atoms with Crippen molar-refractivity contribution < 1.29 is 9.63 Å². The molecule has 96 valence electrons. The van der Waals surface area contributed by atoms with Gasteiger partial charge in [-0.1, -0.05) is 24.9 Å². The zero-order valence-corrected chi connectivity index (χ0v) is 10.7. The van der Waals surface area contributed by atoms with E-state index in [-0.39, 0.29) is 6.10 Å². The summed E-state index contributed by atoms with van der Waals surface area (Å²) in [5, 5.41) is 13.3. The second-order valence-electron chi connectivity index (χ2n) is 5.39. The molecule has 2 rings (SSSR count). The number of aromatic nitrogens is 2. The number of rotatable bonds is 4. The first-order valence-corrected chi connectivity index (χ1v) is 6.65. The highest BCUT2D eigenvalue weighted by Gasteiger charge is 2.23. The molecule has 1 aromatic rings. The van der Waals surface area contributed by atoms with Gasteiger partial charge in [-0.05, 0) is 32.1 Å². The molecule has 1 unspecified atom stereocenters. The van der Waals surface area contributed by atoms with Crippen molar-refractivity contribution in [2.75, 3.05) is 0 Å². The van der Waals surface area contributed by atoms with E-state index >= 15 is 0 Å². The second kappa shape index (κ2) is 5.63. The van der Waals surface area contributed by atoms with Crippen molar-refractivity contribution in [1.82, 2.24) is 10.1 Å². The maximum atomic E-state index is 9.21. The minimum atomic E-state index is -0.305. The number of hydrogen-bond acceptors (Lipinski definition) is 4. The molecule has 0 spiro atoms. The Morgan fingerprint density at radius 3 is 2.71 bits per heavy atom. The maximum Gasteiger partial charge on any atom is 0.226 e. The lowest BCUT2D eigenvalue weighted by Gasteiger charge is -2.23. The van der Waals surface area contributed by atoms with Gasteiger partial charge in [-0.2, -0.15) is 4.98 Å². The highest BCUT2D eigenvalue weighted by molar-refractivity contribution is 4.97. The van der Waals surface area contributed by atoms with E-state index < -0.39 is 0 Å². The molecular formula is C13H22N2O2. The fourth-order valence-corrected chi connectivity index (χ4v) is 2.39. The molecule has 0 bridgehead atoms. The zero-order valence-electron chi connectivity index (χ0n) is 10.7. The molecule has 0 aromatic carbocycles. The minimum absolute atomic E-state index is 0.305. The monoisotopic (exact) mass is 238 g/mol. The van der Waals surface area contributed by atoms with Gasteiger partial charge in [-0.15, -0.1) is 0 Å². The number of nitrogens with zero attached hydrogens (tertiary/aromatic N) is 2. The van der Waals surface area contributed by atoms with Crippen LogP contribution < -0.4 is 0 Å². The Kier molecular flexibility index (Phi) is 4.15. The van der Waals surface area contributed by atoms with Crippen LogP contribution >= 0.6 is 0 Å². The summed E-state index contributed by atoms with van der Waals surface area (Å²) in [4.78, 5) is 4.44. The highest BCUT2D eigenvalue weighted by Crippen LogP contribution is 2.34. The van der Waals surface area contributed by atoms with Crippen LogP contribution in [0.25, 0.3) is 0 Å². The normalized spacial score (nSPS) is 27.0. The lowest BCUT2D eigenvalue weighted by atomic mass is 9.83. The van der Waals surface area contributed by atoms with Gasteiger partial charge in [0.2, 0.25) is 5.89 Å². The molecule has 1 saturated carbocycles. The van der Waals surface area contributed by atoms with Gasteiger partial charge in [0, 0.05) is 12.3 Å². The van der Waals surface area contributed by atoms with E-state index in [9.17, 15) is 5.11 Å². The van der Waals surface area contributed by atoms with Gasteiger partial charge in [0.05, 0.1) is 6.10 Å². The van der Waals surface area contributed by atoms with E-state index in [1.807, 2.05) is 0 Å². The van der Waals surface area contributed by atoms with E-state index in [0.717, 1.165) is 11.7 Å². The van der Waals surface area contributed by atoms with Gasteiger partial charge in [-0.25, -0.2) is 0 Å². The summed E-state index contributed by atoms with van der Waals surface area (Å²) in [5.41, 5.74) is 0. The van der Waals surface area contributed by atoms with Crippen LogP contribution in [0.1, 0.15) is 63.6 Å². The molecule has 0 amide bonds. The molecular weight excluding hydrogens is 216 g/mol. The lowest BCUT2D eigenvalue weighted by molar-refractivity contribution is 0.180. The molecule has 1 N–H and O–H groups in total. The molecule has 0 aliphatic heterocycles. The molecule has 1 heterocycles. The predicted octanol–water partition coefficient (Wildman–Crippen LogP) is 2.68. The molecule has 1 fully saturated rings. The van der Waals surface area contributed by atoms with Crippen LogP contribution in [0, 0.1) is 5.92 Å². The van der Waals surface area contributed by atoms with Crippen LogP contribution in [-0.4, -0.2) is 21.4 Å². The van der Waals surface area contributed by atoms with Gasteiger partial charge in [-0.3, -0.25) is 0 Å². The van der Waals surface area contributed by atoms with Crippen molar-refractivity contribution in [2.24, 2.45) is 5.92 Å². The van der Waals surface area contributed by atoms with Gasteiger partial charge in [0.1, 0.15) is 0 Å². The fourth-order valence-electron chi connectivity index (χ4n) is 2.39. The average molecular weight is 238 g/mol. The van der Waals surface area contributed by atoms with Crippen LogP contribution in [0.3, 0.4) is 0 Å². The number of aliphatic hydroxyl groups is 1.